The molecule has 2 aromatic carbocycles. The van der Waals surface area contributed by atoms with E-state index in [9.17, 15) is 9.90 Å². The number of diazo groups is 1. The van der Waals surface area contributed by atoms with Crippen LogP contribution in [0.15, 0.2) is 60.5 Å². The summed E-state index contributed by atoms with van der Waals surface area (Å²) >= 11 is 0. The van der Waals surface area contributed by atoms with Gasteiger partial charge in [-0.25, -0.2) is 4.79 Å². The van der Waals surface area contributed by atoms with Crippen molar-refractivity contribution in [2.75, 3.05) is 6.61 Å². The lowest BCUT2D eigenvalue weighted by Gasteiger charge is -2.16. The average molecular weight is 336 g/mol. The van der Waals surface area contributed by atoms with Crippen LogP contribution in [0.2, 0.25) is 0 Å². The summed E-state index contributed by atoms with van der Waals surface area (Å²) in [6.45, 7) is 1.75. The maximum absolute atomic E-state index is 12.0. The highest BCUT2D eigenvalue weighted by Gasteiger charge is 2.29. The fraction of sp³-hybridized carbons (Fsp3) is 0.211. The van der Waals surface area contributed by atoms with E-state index < -0.39 is 12.1 Å². The minimum Gasteiger partial charge on any atom is -0.504 e. The van der Waals surface area contributed by atoms with Gasteiger partial charge in [-0.1, -0.05) is 48.5 Å². The zero-order chi connectivity index (χ0) is 17.8. The second kappa shape index (κ2) is 7.05. The number of amides is 1. The fourth-order valence-electron chi connectivity index (χ4n) is 3.06. The zero-order valence-corrected chi connectivity index (χ0v) is 13.7. The Kier molecular flexibility index (Phi) is 4.66. The van der Waals surface area contributed by atoms with E-state index in [4.69, 9.17) is 10.1 Å². The van der Waals surface area contributed by atoms with Gasteiger partial charge in [-0.05, 0) is 29.2 Å². The van der Waals surface area contributed by atoms with E-state index in [0.29, 0.717) is 0 Å². The Labute approximate surface area is 145 Å². The molecule has 6 nitrogen and oxygen atoms in total. The maximum Gasteiger partial charge on any atom is 0.407 e. The summed E-state index contributed by atoms with van der Waals surface area (Å²) in [5.41, 5.74) is 4.58. The summed E-state index contributed by atoms with van der Waals surface area (Å²) < 4.78 is 5.36. The van der Waals surface area contributed by atoms with Crippen LogP contribution in [0.3, 0.4) is 0 Å². The Hall–Kier alpha value is -3.33. The molecule has 6 heteroatoms. The molecular formula is C19H18N3O3+. The third-order valence-electron chi connectivity index (χ3n) is 4.31. The molecule has 126 valence electrons. The van der Waals surface area contributed by atoms with Crippen molar-refractivity contribution >= 4 is 6.09 Å². The molecule has 0 aromatic heterocycles. The van der Waals surface area contributed by atoms with Crippen LogP contribution in [0.25, 0.3) is 16.1 Å². The minimum atomic E-state index is -0.716. The predicted octanol–water partition coefficient (Wildman–Crippen LogP) is 4.17. The molecule has 0 unspecified atom stereocenters. The van der Waals surface area contributed by atoms with Crippen LogP contribution >= 0.6 is 0 Å². The number of nitrogens with zero attached hydrogens (tertiary/aromatic N) is 2. The van der Waals surface area contributed by atoms with Gasteiger partial charge < -0.3 is 15.2 Å². The SMILES string of the molecule is C[C@H](NC(=O)OCC1c2ccccc2-c2ccccc21)/C(O)=C\[N+]#N. The Morgan fingerprint density at radius 1 is 1.24 bits per heavy atom. The smallest absolute Gasteiger partial charge is 0.407 e. The van der Waals surface area contributed by atoms with Gasteiger partial charge in [0.1, 0.15) is 6.61 Å². The number of benzene rings is 2. The van der Waals surface area contributed by atoms with Crippen molar-refractivity contribution in [3.63, 3.8) is 0 Å². The molecule has 0 aliphatic heterocycles. The number of ether oxygens (including phenoxy) is 1. The first kappa shape index (κ1) is 16.5. The molecule has 2 N–H and O–H groups in total. The number of nitrogens with one attached hydrogen (secondary N) is 1. The molecule has 0 spiro atoms. The third kappa shape index (κ3) is 3.31. The van der Waals surface area contributed by atoms with Crippen LogP contribution in [0, 0.1) is 5.39 Å². The summed E-state index contributed by atoms with van der Waals surface area (Å²) in [7, 11) is 0. The van der Waals surface area contributed by atoms with Crippen molar-refractivity contribution in [1.29, 1.82) is 5.39 Å². The Balaban J connectivity index is 1.71. The van der Waals surface area contributed by atoms with Crippen molar-refractivity contribution in [2.45, 2.75) is 18.9 Å². The van der Waals surface area contributed by atoms with Gasteiger partial charge in [0.15, 0.2) is 4.98 Å². The molecule has 0 saturated carbocycles. The summed E-state index contributed by atoms with van der Waals surface area (Å²) in [5.74, 6) is -0.291. The lowest BCUT2D eigenvalue weighted by Crippen LogP contribution is -2.35. The molecular weight excluding hydrogens is 318 g/mol. The number of hydrogen-bond donors (Lipinski definition) is 2. The third-order valence-corrected chi connectivity index (χ3v) is 4.31. The summed E-state index contributed by atoms with van der Waals surface area (Å²) in [5, 5.41) is 20.4. The van der Waals surface area contributed by atoms with Crippen LogP contribution in [-0.4, -0.2) is 23.8 Å². The van der Waals surface area contributed by atoms with Crippen molar-refractivity contribution < 1.29 is 14.6 Å². The van der Waals surface area contributed by atoms with E-state index in [2.05, 4.69) is 22.4 Å². The van der Waals surface area contributed by atoms with Crippen LogP contribution in [0.4, 0.5) is 4.79 Å². The van der Waals surface area contributed by atoms with Crippen molar-refractivity contribution in [1.82, 2.24) is 5.32 Å². The molecule has 0 bridgehead atoms. The lowest BCUT2D eigenvalue weighted by molar-refractivity contribution is 0.138. The number of alkyl carbamates (subject to hydrolysis) is 1. The van der Waals surface area contributed by atoms with Crippen LogP contribution in [-0.2, 0) is 4.74 Å². The molecule has 0 radical (unpaired) electrons. The number of aliphatic hydroxyl groups is 1. The standard InChI is InChI=1S/C19H17N3O3/c1-12(18(23)10-21-20)22-19(24)25-11-17-15-8-4-2-6-13(15)14-7-3-5-9-16(14)17/h2-10,12,17H,11H2,1H3,(H-,22,23,24)/p+1/b18-10+/t12-/m0/s1. The molecule has 1 atom stereocenters. The number of fused-ring (bicyclic) bond motifs is 3. The first-order valence-corrected chi connectivity index (χ1v) is 7.96. The second-order valence-electron chi connectivity index (χ2n) is 5.86. The van der Waals surface area contributed by atoms with Gasteiger partial charge in [-0.15, -0.1) is 0 Å². The maximum atomic E-state index is 12.0. The normalized spacial score (nSPS) is 14.2. The lowest BCUT2D eigenvalue weighted by atomic mass is 9.98. The predicted molar refractivity (Wildman–Crippen MR) is 93.5 cm³/mol. The molecule has 0 saturated heterocycles. The Bertz CT molecular complexity index is 825. The highest BCUT2D eigenvalue weighted by Crippen LogP contribution is 2.44. The summed E-state index contributed by atoms with van der Waals surface area (Å²) in [6.07, 6.45) is 0.210. The molecule has 25 heavy (non-hydrogen) atoms. The van der Waals surface area contributed by atoms with Gasteiger partial charge >= 0.3 is 12.3 Å². The molecule has 1 amide bonds. The van der Waals surface area contributed by atoms with Crippen molar-refractivity contribution in [3.8, 4) is 11.1 Å². The van der Waals surface area contributed by atoms with Gasteiger partial charge in [0.05, 0.1) is 6.04 Å². The Morgan fingerprint density at radius 2 is 1.80 bits per heavy atom. The van der Waals surface area contributed by atoms with E-state index in [0.717, 1.165) is 28.5 Å². The highest BCUT2D eigenvalue weighted by molar-refractivity contribution is 5.79. The van der Waals surface area contributed by atoms with Crippen LogP contribution in [0.1, 0.15) is 24.0 Å². The largest absolute Gasteiger partial charge is 0.504 e. The van der Waals surface area contributed by atoms with Gasteiger partial charge in [0.25, 0.3) is 0 Å². The molecule has 0 fully saturated rings. The van der Waals surface area contributed by atoms with Crippen molar-refractivity contribution in [2.24, 2.45) is 0 Å². The molecule has 2 aromatic rings. The molecule has 0 heterocycles. The number of carbonyl (C=O) groups is 1. The van der Waals surface area contributed by atoms with Gasteiger partial charge in [-0.3, -0.25) is 0 Å². The highest BCUT2D eigenvalue weighted by atomic mass is 16.5. The Morgan fingerprint density at radius 3 is 2.36 bits per heavy atom. The number of hydrogen-bond acceptors (Lipinski definition) is 4. The monoisotopic (exact) mass is 336 g/mol. The van der Waals surface area contributed by atoms with Gasteiger partial charge in [0, 0.05) is 5.92 Å². The number of carbonyl (C=O) groups excluding carboxylic acids is 1. The van der Waals surface area contributed by atoms with E-state index in [-0.39, 0.29) is 18.3 Å². The first-order valence-electron chi connectivity index (χ1n) is 7.96. The van der Waals surface area contributed by atoms with Crippen LogP contribution < -0.4 is 5.32 Å². The molecule has 1 aliphatic rings. The zero-order valence-electron chi connectivity index (χ0n) is 13.7. The number of aliphatic hydroxyl groups excluding tert-OH is 1. The van der Waals surface area contributed by atoms with Crippen molar-refractivity contribution in [3.05, 3.63) is 76.6 Å². The van der Waals surface area contributed by atoms with E-state index in [1.807, 2.05) is 36.4 Å². The topological polar surface area (TPSA) is 86.7 Å². The summed E-state index contributed by atoms with van der Waals surface area (Å²) in [6, 6.07) is 15.4. The summed E-state index contributed by atoms with van der Waals surface area (Å²) in [4.78, 5) is 14.7. The van der Waals surface area contributed by atoms with E-state index in [1.54, 1.807) is 6.92 Å². The minimum absolute atomic E-state index is 0.0231. The van der Waals surface area contributed by atoms with Crippen LogP contribution in [0.5, 0.6) is 0 Å². The fourth-order valence-corrected chi connectivity index (χ4v) is 3.06. The quantitative estimate of drug-likeness (QED) is 0.648. The van der Waals surface area contributed by atoms with E-state index in [1.165, 1.54) is 0 Å². The first-order chi connectivity index (χ1) is 12.1. The average Bonchev–Trinajstić information content (AvgIpc) is 2.94. The second-order valence-corrected chi connectivity index (χ2v) is 5.86. The molecule has 1 aliphatic carbocycles. The van der Waals surface area contributed by atoms with Gasteiger partial charge in [-0.2, -0.15) is 0 Å². The van der Waals surface area contributed by atoms with E-state index >= 15 is 0 Å². The van der Waals surface area contributed by atoms with Gasteiger partial charge in [0.2, 0.25) is 11.2 Å². The number of rotatable bonds is 4. The molecule has 3 rings (SSSR count).